The molecule has 0 N–H and O–H groups in total. The number of carbonyl (C=O) groups excluding carboxylic acids is 2. The zero-order valence-electron chi connectivity index (χ0n) is 23.6. The number of rotatable bonds is 4. The van der Waals surface area contributed by atoms with Crippen molar-refractivity contribution >= 4 is 12.4 Å². The Morgan fingerprint density at radius 3 is 2.26 bits per heavy atom. The maximum atomic E-state index is 12.4. The fraction of sp³-hybridized carbons (Fsp3) is 0.364. The second kappa shape index (κ2) is 11.7. The van der Waals surface area contributed by atoms with Gasteiger partial charge in [0.2, 0.25) is 5.88 Å². The first-order chi connectivity index (χ1) is 18.6. The van der Waals surface area contributed by atoms with E-state index in [-0.39, 0.29) is 12.0 Å². The molecule has 1 amide bonds. The van der Waals surface area contributed by atoms with E-state index < -0.39 is 5.60 Å². The highest BCUT2D eigenvalue weighted by Crippen LogP contribution is 2.34. The molecular formula is C33H36N2O4. The SMILES string of the molecule is COc1nc(-c2cccc(-c3cccc(C#CC4CCN(C(=O)OC(C)(C)C)CC4)c3C)c2C)ccc1C=O. The Labute approximate surface area is 231 Å². The van der Waals surface area contributed by atoms with E-state index >= 15 is 0 Å². The minimum Gasteiger partial charge on any atom is -0.480 e. The molecule has 0 radical (unpaired) electrons. The van der Waals surface area contributed by atoms with E-state index in [1.165, 1.54) is 7.11 Å². The lowest BCUT2D eigenvalue weighted by Crippen LogP contribution is -2.41. The number of hydrogen-bond donors (Lipinski definition) is 0. The van der Waals surface area contributed by atoms with Crippen molar-refractivity contribution in [1.82, 2.24) is 9.88 Å². The third-order valence-electron chi connectivity index (χ3n) is 7.00. The number of pyridine rings is 1. The number of aldehydes is 1. The van der Waals surface area contributed by atoms with E-state index in [1.54, 1.807) is 11.0 Å². The predicted molar refractivity (Wildman–Crippen MR) is 154 cm³/mol. The molecule has 6 heteroatoms. The van der Waals surface area contributed by atoms with Crippen LogP contribution in [0.2, 0.25) is 0 Å². The number of benzene rings is 2. The van der Waals surface area contributed by atoms with Crippen LogP contribution in [-0.2, 0) is 4.74 Å². The van der Waals surface area contributed by atoms with Crippen molar-refractivity contribution in [1.29, 1.82) is 0 Å². The molecule has 1 saturated heterocycles. The van der Waals surface area contributed by atoms with Gasteiger partial charge in [0.25, 0.3) is 0 Å². The van der Waals surface area contributed by atoms with Crippen molar-refractivity contribution in [3.63, 3.8) is 0 Å². The van der Waals surface area contributed by atoms with E-state index in [0.717, 1.165) is 58.2 Å². The Hall–Kier alpha value is -4.11. The van der Waals surface area contributed by atoms with Gasteiger partial charge < -0.3 is 14.4 Å². The molecule has 4 rings (SSSR count). The van der Waals surface area contributed by atoms with Gasteiger partial charge in [-0.3, -0.25) is 4.79 Å². The van der Waals surface area contributed by atoms with Gasteiger partial charge in [-0.05, 0) is 87.9 Å². The average Bonchev–Trinajstić information content (AvgIpc) is 2.92. The third-order valence-corrected chi connectivity index (χ3v) is 7.00. The number of hydrogen-bond acceptors (Lipinski definition) is 5. The van der Waals surface area contributed by atoms with E-state index in [0.29, 0.717) is 24.5 Å². The number of likely N-dealkylation sites (tertiary alicyclic amines) is 1. The van der Waals surface area contributed by atoms with Gasteiger partial charge in [-0.2, -0.15) is 0 Å². The van der Waals surface area contributed by atoms with Crippen molar-refractivity contribution in [2.45, 2.75) is 53.1 Å². The number of aromatic nitrogens is 1. The van der Waals surface area contributed by atoms with Gasteiger partial charge in [0, 0.05) is 30.1 Å². The first-order valence-corrected chi connectivity index (χ1v) is 13.3. The Morgan fingerprint density at radius 2 is 1.62 bits per heavy atom. The maximum Gasteiger partial charge on any atom is 0.410 e. The Balaban J connectivity index is 1.55. The van der Waals surface area contributed by atoms with Crippen molar-refractivity contribution in [2.24, 2.45) is 5.92 Å². The lowest BCUT2D eigenvalue weighted by molar-refractivity contribution is 0.0199. The summed E-state index contributed by atoms with van der Waals surface area (Å²) in [5, 5.41) is 0. The van der Waals surface area contributed by atoms with Crippen LogP contribution in [0.15, 0.2) is 48.5 Å². The summed E-state index contributed by atoms with van der Waals surface area (Å²) < 4.78 is 10.8. The Morgan fingerprint density at radius 1 is 0.974 bits per heavy atom. The molecule has 202 valence electrons. The van der Waals surface area contributed by atoms with E-state index in [2.05, 4.69) is 48.9 Å². The average molecular weight is 525 g/mol. The zero-order chi connectivity index (χ0) is 28.2. The van der Waals surface area contributed by atoms with Gasteiger partial charge in [0.05, 0.1) is 18.4 Å². The summed E-state index contributed by atoms with van der Waals surface area (Å²) in [5.41, 5.74) is 7.12. The highest BCUT2D eigenvalue weighted by Gasteiger charge is 2.26. The summed E-state index contributed by atoms with van der Waals surface area (Å²) in [6, 6.07) is 16.0. The minimum atomic E-state index is -0.488. The van der Waals surface area contributed by atoms with E-state index in [1.807, 2.05) is 45.0 Å². The summed E-state index contributed by atoms with van der Waals surface area (Å²) in [6.45, 7) is 11.2. The molecule has 1 aliphatic heterocycles. The van der Waals surface area contributed by atoms with Crippen LogP contribution in [0.4, 0.5) is 4.79 Å². The number of amides is 1. The fourth-order valence-electron chi connectivity index (χ4n) is 4.83. The predicted octanol–water partition coefficient (Wildman–Crippen LogP) is 6.85. The topological polar surface area (TPSA) is 68.7 Å². The summed E-state index contributed by atoms with van der Waals surface area (Å²) >= 11 is 0. The quantitative estimate of drug-likeness (QED) is 0.276. The molecule has 39 heavy (non-hydrogen) atoms. The number of methoxy groups -OCH3 is 1. The largest absolute Gasteiger partial charge is 0.480 e. The van der Waals surface area contributed by atoms with Crippen molar-refractivity contribution in [2.75, 3.05) is 20.2 Å². The van der Waals surface area contributed by atoms with Gasteiger partial charge in [0.1, 0.15) is 5.60 Å². The molecule has 0 spiro atoms. The summed E-state index contributed by atoms with van der Waals surface area (Å²) in [7, 11) is 1.52. The smallest absolute Gasteiger partial charge is 0.410 e. The number of nitrogens with zero attached hydrogens (tertiary/aromatic N) is 2. The van der Waals surface area contributed by atoms with Gasteiger partial charge in [0.15, 0.2) is 6.29 Å². The van der Waals surface area contributed by atoms with Crippen LogP contribution in [0.5, 0.6) is 5.88 Å². The molecule has 0 unspecified atom stereocenters. The Bertz CT molecular complexity index is 1430. The zero-order valence-corrected chi connectivity index (χ0v) is 23.6. The highest BCUT2D eigenvalue weighted by molar-refractivity contribution is 5.82. The monoisotopic (exact) mass is 524 g/mol. The van der Waals surface area contributed by atoms with Crippen molar-refractivity contribution in [3.05, 3.63) is 70.8 Å². The second-order valence-electron chi connectivity index (χ2n) is 10.9. The maximum absolute atomic E-state index is 12.4. The Kier molecular flexibility index (Phi) is 8.40. The molecule has 1 aromatic heterocycles. The molecule has 1 aliphatic rings. The molecule has 2 heterocycles. The van der Waals surface area contributed by atoms with Gasteiger partial charge in [-0.15, -0.1) is 0 Å². The van der Waals surface area contributed by atoms with Gasteiger partial charge >= 0.3 is 6.09 Å². The van der Waals surface area contributed by atoms with Crippen LogP contribution >= 0.6 is 0 Å². The first kappa shape index (κ1) is 27.9. The molecule has 3 aromatic rings. The van der Waals surface area contributed by atoms with Gasteiger partial charge in [-0.25, -0.2) is 9.78 Å². The van der Waals surface area contributed by atoms with Crippen LogP contribution in [0.3, 0.4) is 0 Å². The molecule has 1 fully saturated rings. The van der Waals surface area contributed by atoms with Crippen molar-refractivity contribution in [3.8, 4) is 40.1 Å². The molecule has 0 saturated carbocycles. The van der Waals surface area contributed by atoms with Crippen LogP contribution in [0, 0.1) is 31.6 Å². The van der Waals surface area contributed by atoms with E-state index in [4.69, 9.17) is 9.47 Å². The van der Waals surface area contributed by atoms with Crippen molar-refractivity contribution < 1.29 is 19.1 Å². The van der Waals surface area contributed by atoms with E-state index in [9.17, 15) is 9.59 Å². The lowest BCUT2D eigenvalue weighted by atomic mass is 9.90. The molecule has 2 aromatic carbocycles. The van der Waals surface area contributed by atoms with Gasteiger partial charge in [-0.1, -0.05) is 42.2 Å². The first-order valence-electron chi connectivity index (χ1n) is 13.3. The lowest BCUT2D eigenvalue weighted by Gasteiger charge is -2.31. The molecule has 6 nitrogen and oxygen atoms in total. The highest BCUT2D eigenvalue weighted by atomic mass is 16.6. The van der Waals surface area contributed by atoms with Crippen LogP contribution in [-0.4, -0.2) is 48.1 Å². The molecule has 0 atom stereocenters. The standard InChI is InChI=1S/C33H36N2O4/c1-22-25(14-13-24-17-19-35(20-18-24)32(37)39-33(3,4)5)9-7-10-27(22)28-11-8-12-29(23(28)2)30-16-15-26(21-36)31(34-30)38-6/h7-12,15-16,21,24H,17-20H2,1-6H3. The van der Waals surface area contributed by atoms with Crippen LogP contribution in [0.25, 0.3) is 22.4 Å². The summed E-state index contributed by atoms with van der Waals surface area (Å²) in [5.74, 6) is 7.44. The molecular weight excluding hydrogens is 488 g/mol. The van der Waals surface area contributed by atoms with Crippen LogP contribution < -0.4 is 4.74 Å². The normalized spacial score (nSPS) is 13.8. The summed E-state index contributed by atoms with van der Waals surface area (Å²) in [4.78, 5) is 30.0. The third kappa shape index (κ3) is 6.49. The fourth-order valence-corrected chi connectivity index (χ4v) is 4.83. The number of piperidine rings is 1. The minimum absolute atomic E-state index is 0.243. The molecule has 0 bridgehead atoms. The number of ether oxygens (including phenoxy) is 2. The summed E-state index contributed by atoms with van der Waals surface area (Å²) in [6.07, 6.45) is 2.18. The van der Waals surface area contributed by atoms with Crippen LogP contribution in [0.1, 0.15) is 60.7 Å². The number of carbonyl (C=O) groups is 2. The molecule has 0 aliphatic carbocycles. The second-order valence-corrected chi connectivity index (χ2v) is 10.9.